The molecule has 13 heteroatoms. The molecule has 1 aliphatic carbocycles. The third-order valence-corrected chi connectivity index (χ3v) is 6.29. The largest absolute Gasteiger partial charge is 0.505 e. The summed E-state index contributed by atoms with van der Waals surface area (Å²) in [7, 11) is 0. The number of hydrogen-bond acceptors (Lipinski definition) is 5. The van der Waals surface area contributed by atoms with Crippen molar-refractivity contribution in [1.29, 1.82) is 0 Å². The molecule has 5 N–H and O–H groups in total. The van der Waals surface area contributed by atoms with Crippen LogP contribution in [0.2, 0.25) is 0 Å². The molecule has 4 rings (SSSR count). The number of carbonyl (C=O) groups excluding carboxylic acids is 1. The lowest BCUT2D eigenvalue weighted by Crippen LogP contribution is -2.60. The van der Waals surface area contributed by atoms with Gasteiger partial charge in [0, 0.05) is 11.6 Å². The second-order valence-corrected chi connectivity index (χ2v) is 9.20. The van der Waals surface area contributed by atoms with Crippen LogP contribution in [0.3, 0.4) is 0 Å². The maximum Gasteiger partial charge on any atom is 0.419 e. The molecule has 0 bridgehead atoms. The molecular formula is C23H20F6N4O3. The van der Waals surface area contributed by atoms with Crippen LogP contribution in [0, 0.1) is 17.5 Å². The van der Waals surface area contributed by atoms with E-state index in [-0.39, 0.29) is 16.8 Å². The summed E-state index contributed by atoms with van der Waals surface area (Å²) in [6, 6.07) is 1.93. The van der Waals surface area contributed by atoms with Crippen molar-refractivity contribution in [2.24, 2.45) is 0 Å². The second kappa shape index (κ2) is 8.15. The van der Waals surface area contributed by atoms with Crippen LogP contribution in [0.25, 0.3) is 5.69 Å². The van der Waals surface area contributed by atoms with E-state index in [2.05, 4.69) is 10.4 Å². The lowest BCUT2D eigenvalue weighted by Gasteiger charge is -2.48. The van der Waals surface area contributed by atoms with Crippen molar-refractivity contribution >= 4 is 11.7 Å². The lowest BCUT2D eigenvalue weighted by atomic mass is 9.63. The maximum absolute atomic E-state index is 14.2. The van der Waals surface area contributed by atoms with Crippen LogP contribution in [0.5, 0.6) is 5.75 Å². The Balaban J connectivity index is 1.80. The molecule has 0 radical (unpaired) electrons. The molecule has 192 valence electrons. The number of carbonyl (C=O) groups is 1. The zero-order valence-electron chi connectivity index (χ0n) is 18.8. The quantitative estimate of drug-likeness (QED) is 0.395. The van der Waals surface area contributed by atoms with Crippen LogP contribution in [-0.2, 0) is 5.41 Å². The van der Waals surface area contributed by atoms with Gasteiger partial charge in [0.2, 0.25) is 0 Å². The van der Waals surface area contributed by atoms with E-state index in [1.54, 1.807) is 0 Å². The fraction of sp³-hybridized carbons (Fsp3) is 0.304. The van der Waals surface area contributed by atoms with Gasteiger partial charge in [-0.05, 0) is 35.6 Å². The van der Waals surface area contributed by atoms with Gasteiger partial charge in [-0.3, -0.25) is 4.79 Å². The fourth-order valence-electron chi connectivity index (χ4n) is 4.70. The Morgan fingerprint density at radius 3 is 2.44 bits per heavy atom. The second-order valence-electron chi connectivity index (χ2n) is 9.20. The molecule has 0 saturated heterocycles. The number of phenols is 1. The minimum Gasteiger partial charge on any atom is -0.505 e. The number of nitrogens with zero attached hydrogens (tertiary/aromatic N) is 2. The number of amides is 1. The Morgan fingerprint density at radius 1 is 1.17 bits per heavy atom. The number of aromatic nitrogens is 2. The van der Waals surface area contributed by atoms with Crippen LogP contribution in [0.4, 0.5) is 32.2 Å². The molecule has 0 spiro atoms. The van der Waals surface area contributed by atoms with Crippen molar-refractivity contribution in [3.8, 4) is 11.4 Å². The van der Waals surface area contributed by atoms with Crippen molar-refractivity contribution in [3.05, 3.63) is 70.7 Å². The number of benzene rings is 2. The number of phenolic OH excluding ortho intramolecular Hbond substituents is 1. The van der Waals surface area contributed by atoms with E-state index >= 15 is 0 Å². The first kappa shape index (κ1) is 25.4. The monoisotopic (exact) mass is 514 g/mol. The van der Waals surface area contributed by atoms with Gasteiger partial charge < -0.3 is 21.3 Å². The summed E-state index contributed by atoms with van der Waals surface area (Å²) in [5.41, 5.74) is -0.535. The molecule has 0 saturated carbocycles. The number of aromatic hydroxyl groups is 1. The van der Waals surface area contributed by atoms with Gasteiger partial charge in [0.25, 0.3) is 5.91 Å². The first-order valence-corrected chi connectivity index (χ1v) is 10.5. The van der Waals surface area contributed by atoms with Gasteiger partial charge in [0.05, 0.1) is 12.2 Å². The zero-order chi connectivity index (χ0) is 26.8. The number of nitrogen functional groups attached to an aromatic ring is 1. The molecule has 0 aliphatic heterocycles. The topological polar surface area (TPSA) is 113 Å². The van der Waals surface area contributed by atoms with Crippen molar-refractivity contribution in [2.75, 3.05) is 5.73 Å². The van der Waals surface area contributed by atoms with Crippen molar-refractivity contribution in [2.45, 2.75) is 43.5 Å². The predicted molar refractivity (Wildman–Crippen MR) is 115 cm³/mol. The summed E-state index contributed by atoms with van der Waals surface area (Å²) < 4.78 is 84.8. The van der Waals surface area contributed by atoms with Gasteiger partial charge in [-0.25, -0.2) is 17.9 Å². The molecule has 2 unspecified atom stereocenters. The van der Waals surface area contributed by atoms with Gasteiger partial charge in [0.1, 0.15) is 22.9 Å². The molecule has 1 aliphatic rings. The number of anilines is 1. The Hall–Kier alpha value is -3.74. The molecule has 0 fully saturated rings. The SMILES string of the molecule is CC1(C)CC(O)(C(F)(F)F)C(NC(=O)c2cnn(-c3ccc(F)cc3F)c2N)c2ccc(F)c(O)c21. The molecule has 2 atom stereocenters. The summed E-state index contributed by atoms with van der Waals surface area (Å²) in [4.78, 5) is 13.0. The zero-order valence-corrected chi connectivity index (χ0v) is 18.8. The van der Waals surface area contributed by atoms with E-state index in [1.807, 2.05) is 0 Å². The van der Waals surface area contributed by atoms with Crippen molar-refractivity contribution in [1.82, 2.24) is 15.1 Å². The molecule has 1 heterocycles. The van der Waals surface area contributed by atoms with Gasteiger partial charge in [-0.1, -0.05) is 19.9 Å². The summed E-state index contributed by atoms with van der Waals surface area (Å²) in [6.07, 6.45) is -5.42. The highest BCUT2D eigenvalue weighted by Gasteiger charge is 2.64. The van der Waals surface area contributed by atoms with Gasteiger partial charge in [-0.15, -0.1) is 0 Å². The molecule has 1 aromatic heterocycles. The first-order chi connectivity index (χ1) is 16.6. The summed E-state index contributed by atoms with van der Waals surface area (Å²) in [6.45, 7) is 2.58. The van der Waals surface area contributed by atoms with E-state index in [0.29, 0.717) is 6.07 Å². The third-order valence-electron chi connectivity index (χ3n) is 6.29. The summed E-state index contributed by atoms with van der Waals surface area (Å²) >= 11 is 0. The number of halogens is 6. The average Bonchev–Trinajstić information content (AvgIpc) is 3.13. The van der Waals surface area contributed by atoms with Crippen LogP contribution in [0.1, 0.15) is 47.8 Å². The van der Waals surface area contributed by atoms with Gasteiger partial charge in [-0.2, -0.15) is 18.3 Å². The van der Waals surface area contributed by atoms with Gasteiger partial charge in [0.15, 0.2) is 23.0 Å². The smallest absolute Gasteiger partial charge is 0.419 e. The molecule has 36 heavy (non-hydrogen) atoms. The first-order valence-electron chi connectivity index (χ1n) is 10.5. The van der Waals surface area contributed by atoms with E-state index in [9.17, 15) is 41.4 Å². The van der Waals surface area contributed by atoms with E-state index < -0.39 is 70.1 Å². The number of aliphatic hydroxyl groups is 1. The number of hydrogen-bond donors (Lipinski definition) is 4. The number of fused-ring (bicyclic) bond motifs is 1. The minimum atomic E-state index is -5.25. The van der Waals surface area contributed by atoms with Crippen molar-refractivity contribution < 1.29 is 41.4 Å². The van der Waals surface area contributed by atoms with E-state index in [0.717, 1.165) is 35.1 Å². The summed E-state index contributed by atoms with van der Waals surface area (Å²) in [5, 5.41) is 27.0. The molecule has 1 amide bonds. The Bertz CT molecular complexity index is 1370. The number of alkyl halides is 3. The van der Waals surface area contributed by atoms with E-state index in [4.69, 9.17) is 5.73 Å². The molecule has 2 aromatic carbocycles. The summed E-state index contributed by atoms with van der Waals surface area (Å²) in [5.74, 6) is -5.64. The maximum atomic E-state index is 14.2. The lowest BCUT2D eigenvalue weighted by molar-refractivity contribution is -0.280. The standard InChI is InChI=1S/C23H20F6N4O3/c1-21(2)9-22(36,23(27,28)29)18(11-4-5-13(25)17(34)16(11)21)32-20(35)12-8-31-33(19(12)30)15-6-3-10(24)7-14(15)26/h3-8,18,34,36H,9,30H2,1-2H3,(H,32,35). The number of rotatable bonds is 3. The number of nitrogens with two attached hydrogens (primary N) is 1. The van der Waals surface area contributed by atoms with Crippen molar-refractivity contribution in [3.63, 3.8) is 0 Å². The van der Waals surface area contributed by atoms with Crippen LogP contribution in [0.15, 0.2) is 36.5 Å². The van der Waals surface area contributed by atoms with E-state index in [1.165, 1.54) is 13.8 Å². The molecular weight excluding hydrogens is 494 g/mol. The highest BCUT2D eigenvalue weighted by molar-refractivity contribution is 5.99. The molecule has 7 nitrogen and oxygen atoms in total. The van der Waals surface area contributed by atoms with Crippen LogP contribution in [-0.4, -0.2) is 37.7 Å². The predicted octanol–water partition coefficient (Wildman–Crippen LogP) is 4.02. The van der Waals surface area contributed by atoms with Gasteiger partial charge >= 0.3 is 6.18 Å². The van der Waals surface area contributed by atoms with Crippen LogP contribution < -0.4 is 11.1 Å². The highest BCUT2D eigenvalue weighted by atomic mass is 19.4. The Labute approximate surface area is 200 Å². The normalized spacial score (nSPS) is 21.2. The highest BCUT2D eigenvalue weighted by Crippen LogP contribution is 2.55. The number of nitrogens with one attached hydrogen (secondary N) is 1. The average molecular weight is 514 g/mol. The molecule has 3 aromatic rings. The minimum absolute atomic E-state index is 0.209. The Morgan fingerprint density at radius 2 is 1.83 bits per heavy atom. The third kappa shape index (κ3) is 3.83. The fourth-order valence-corrected chi connectivity index (χ4v) is 4.70. The van der Waals surface area contributed by atoms with Crippen LogP contribution >= 0.6 is 0 Å². The Kier molecular flexibility index (Phi) is 5.74.